The average Bonchev–Trinajstić information content (AvgIpc) is 3.39. The minimum Gasteiger partial charge on any atom is -0.376 e. The maximum atomic E-state index is 12.4. The molecule has 0 aliphatic heterocycles. The van der Waals surface area contributed by atoms with Crippen molar-refractivity contribution in [2.24, 2.45) is 5.92 Å². The van der Waals surface area contributed by atoms with E-state index in [0.717, 1.165) is 40.0 Å². The highest BCUT2D eigenvalue weighted by Crippen LogP contribution is 2.29. The van der Waals surface area contributed by atoms with Crippen LogP contribution in [0.2, 0.25) is 0 Å². The molecule has 0 atom stereocenters. The molecule has 28 heavy (non-hydrogen) atoms. The number of nitrogens with one attached hydrogen (secondary N) is 1. The number of thiazole rings is 1. The molecule has 0 saturated heterocycles. The fraction of sp³-hybridized carbons (Fsp3) is 0.304. The van der Waals surface area contributed by atoms with Gasteiger partial charge in [-0.1, -0.05) is 42.0 Å². The van der Waals surface area contributed by atoms with Crippen molar-refractivity contribution in [2.45, 2.75) is 32.8 Å². The third kappa shape index (κ3) is 5.27. The van der Waals surface area contributed by atoms with Crippen LogP contribution < -0.4 is 5.32 Å². The van der Waals surface area contributed by atoms with Gasteiger partial charge in [-0.25, -0.2) is 4.98 Å². The summed E-state index contributed by atoms with van der Waals surface area (Å²) >= 11 is 1.57. The zero-order valence-electron chi connectivity index (χ0n) is 16.0. The van der Waals surface area contributed by atoms with Crippen molar-refractivity contribution >= 4 is 22.9 Å². The Morgan fingerprint density at radius 1 is 1.21 bits per heavy atom. The average molecular weight is 393 g/mol. The second kappa shape index (κ2) is 8.67. The van der Waals surface area contributed by atoms with Gasteiger partial charge in [-0.2, -0.15) is 0 Å². The number of carbonyl (C=O) groups excluding carboxylic acids is 1. The summed E-state index contributed by atoms with van der Waals surface area (Å²) < 4.78 is 5.73. The summed E-state index contributed by atoms with van der Waals surface area (Å²) in [5, 5.41) is 5.87. The smallest absolute Gasteiger partial charge is 0.230 e. The second-order valence-electron chi connectivity index (χ2n) is 7.39. The van der Waals surface area contributed by atoms with Gasteiger partial charge in [-0.3, -0.25) is 4.79 Å². The first-order chi connectivity index (χ1) is 13.7. The molecule has 1 aliphatic rings. The van der Waals surface area contributed by atoms with Crippen molar-refractivity contribution in [1.82, 2.24) is 4.98 Å². The highest BCUT2D eigenvalue weighted by Gasteiger charge is 2.21. The number of ether oxygens (including phenoxy) is 1. The van der Waals surface area contributed by atoms with Crippen LogP contribution in [0.25, 0.3) is 10.6 Å². The second-order valence-corrected chi connectivity index (χ2v) is 8.25. The van der Waals surface area contributed by atoms with Crippen molar-refractivity contribution in [3.63, 3.8) is 0 Å². The lowest BCUT2D eigenvalue weighted by atomic mass is 10.2. The highest BCUT2D eigenvalue weighted by atomic mass is 32.1. The van der Waals surface area contributed by atoms with Crippen LogP contribution in [0, 0.1) is 12.8 Å². The third-order valence-electron chi connectivity index (χ3n) is 4.72. The van der Waals surface area contributed by atoms with Gasteiger partial charge in [0.05, 0.1) is 18.7 Å². The molecule has 0 radical (unpaired) electrons. The minimum absolute atomic E-state index is 0.0585. The quantitative estimate of drug-likeness (QED) is 0.571. The predicted molar refractivity (Wildman–Crippen MR) is 113 cm³/mol. The first-order valence-electron chi connectivity index (χ1n) is 9.64. The van der Waals surface area contributed by atoms with Crippen molar-refractivity contribution in [2.75, 3.05) is 11.9 Å². The fourth-order valence-corrected chi connectivity index (χ4v) is 3.78. The predicted octanol–water partition coefficient (Wildman–Crippen LogP) is 5.23. The number of hydrogen-bond acceptors (Lipinski definition) is 4. The molecule has 0 unspecified atom stereocenters. The van der Waals surface area contributed by atoms with Crippen LogP contribution in [-0.2, 0) is 22.6 Å². The van der Waals surface area contributed by atoms with Crippen LogP contribution in [0.5, 0.6) is 0 Å². The lowest BCUT2D eigenvalue weighted by molar-refractivity contribution is -0.115. The van der Waals surface area contributed by atoms with Gasteiger partial charge in [-0.15, -0.1) is 11.3 Å². The summed E-state index contributed by atoms with van der Waals surface area (Å²) in [6, 6.07) is 16.1. The molecule has 1 fully saturated rings. The minimum atomic E-state index is -0.0585. The van der Waals surface area contributed by atoms with Gasteiger partial charge in [0.25, 0.3) is 0 Å². The number of anilines is 1. The van der Waals surface area contributed by atoms with Crippen molar-refractivity contribution in [1.29, 1.82) is 0 Å². The Balaban J connectivity index is 1.32. The lowest BCUT2D eigenvalue weighted by Gasteiger charge is -2.08. The van der Waals surface area contributed by atoms with E-state index < -0.39 is 0 Å². The van der Waals surface area contributed by atoms with E-state index in [9.17, 15) is 4.79 Å². The Bertz CT molecular complexity index is 945. The molecule has 5 heteroatoms. The summed E-state index contributed by atoms with van der Waals surface area (Å²) in [5.74, 6) is 0.697. The molecule has 3 aromatic rings. The van der Waals surface area contributed by atoms with E-state index in [4.69, 9.17) is 4.74 Å². The van der Waals surface area contributed by atoms with Crippen LogP contribution in [0.15, 0.2) is 53.9 Å². The number of carbonyl (C=O) groups is 1. The van der Waals surface area contributed by atoms with Crippen molar-refractivity contribution in [3.8, 4) is 10.6 Å². The SMILES string of the molecule is Cc1ccc(-c2nc(CC(=O)Nc3cccc(COCC4CC4)c3)cs2)cc1. The molecular formula is C23H24N2O2S. The standard InChI is InChI=1S/C23H24N2O2S/c1-16-5-9-19(10-6-16)23-25-21(15-28-23)12-22(26)24-20-4-2-3-18(11-20)14-27-13-17-7-8-17/h2-6,9-11,15,17H,7-8,12-14H2,1H3,(H,24,26). The Labute approximate surface area is 169 Å². The zero-order valence-corrected chi connectivity index (χ0v) is 16.8. The van der Waals surface area contributed by atoms with E-state index >= 15 is 0 Å². The number of aryl methyl sites for hydroxylation is 1. The maximum absolute atomic E-state index is 12.4. The van der Waals surface area contributed by atoms with Gasteiger partial charge in [-0.05, 0) is 43.4 Å². The molecule has 4 nitrogen and oxygen atoms in total. The number of aromatic nitrogens is 1. The van der Waals surface area contributed by atoms with Gasteiger partial charge in [0, 0.05) is 23.2 Å². The van der Waals surface area contributed by atoms with Crippen LogP contribution in [-0.4, -0.2) is 17.5 Å². The van der Waals surface area contributed by atoms with E-state index in [1.165, 1.54) is 18.4 Å². The topological polar surface area (TPSA) is 51.2 Å². The van der Waals surface area contributed by atoms with E-state index in [2.05, 4.69) is 41.5 Å². The number of rotatable bonds is 8. The Hall–Kier alpha value is -2.50. The summed E-state index contributed by atoms with van der Waals surface area (Å²) in [5.41, 5.74) is 4.98. The van der Waals surface area contributed by atoms with E-state index in [1.54, 1.807) is 11.3 Å². The Kier molecular flexibility index (Phi) is 5.84. The number of amides is 1. The molecular weight excluding hydrogens is 368 g/mol. The van der Waals surface area contributed by atoms with E-state index in [-0.39, 0.29) is 12.3 Å². The van der Waals surface area contributed by atoms with Crippen molar-refractivity contribution < 1.29 is 9.53 Å². The van der Waals surface area contributed by atoms with Gasteiger partial charge in [0.2, 0.25) is 5.91 Å². The molecule has 144 valence electrons. The normalized spacial score (nSPS) is 13.5. The third-order valence-corrected chi connectivity index (χ3v) is 5.66. The molecule has 0 spiro atoms. The van der Waals surface area contributed by atoms with Crippen LogP contribution >= 0.6 is 11.3 Å². The zero-order chi connectivity index (χ0) is 19.3. The monoisotopic (exact) mass is 392 g/mol. The molecule has 0 bridgehead atoms. The van der Waals surface area contributed by atoms with Crippen LogP contribution in [0.4, 0.5) is 5.69 Å². The maximum Gasteiger partial charge on any atom is 0.230 e. The molecule has 2 aromatic carbocycles. The summed E-state index contributed by atoms with van der Waals surface area (Å²) in [6.45, 7) is 3.49. The first-order valence-corrected chi connectivity index (χ1v) is 10.5. The van der Waals surface area contributed by atoms with Gasteiger partial charge >= 0.3 is 0 Å². The van der Waals surface area contributed by atoms with Gasteiger partial charge in [0.1, 0.15) is 5.01 Å². The van der Waals surface area contributed by atoms with Crippen LogP contribution in [0.1, 0.15) is 29.7 Å². The lowest BCUT2D eigenvalue weighted by Crippen LogP contribution is -2.14. The van der Waals surface area contributed by atoms with E-state index in [0.29, 0.717) is 6.61 Å². The number of benzene rings is 2. The Morgan fingerprint density at radius 2 is 2.04 bits per heavy atom. The molecule has 4 rings (SSSR count). The molecule has 1 aromatic heterocycles. The summed E-state index contributed by atoms with van der Waals surface area (Å²) in [6.07, 6.45) is 2.85. The Morgan fingerprint density at radius 3 is 2.82 bits per heavy atom. The summed E-state index contributed by atoms with van der Waals surface area (Å²) in [7, 11) is 0. The van der Waals surface area contributed by atoms with Gasteiger partial charge < -0.3 is 10.1 Å². The van der Waals surface area contributed by atoms with Gasteiger partial charge in [0.15, 0.2) is 0 Å². The van der Waals surface area contributed by atoms with Crippen LogP contribution in [0.3, 0.4) is 0 Å². The molecule has 1 amide bonds. The highest BCUT2D eigenvalue weighted by molar-refractivity contribution is 7.13. The molecule has 1 aliphatic carbocycles. The number of nitrogens with zero attached hydrogens (tertiary/aromatic N) is 1. The summed E-state index contributed by atoms with van der Waals surface area (Å²) in [4.78, 5) is 17.0. The molecule has 1 saturated carbocycles. The molecule has 1 N–H and O–H groups in total. The van der Waals surface area contributed by atoms with Crippen molar-refractivity contribution in [3.05, 3.63) is 70.7 Å². The van der Waals surface area contributed by atoms with E-state index in [1.807, 2.05) is 29.6 Å². The largest absolute Gasteiger partial charge is 0.376 e. The molecule has 1 heterocycles. The fourth-order valence-electron chi connectivity index (χ4n) is 2.95. The number of hydrogen-bond donors (Lipinski definition) is 1. The first kappa shape index (κ1) is 18.8.